The van der Waals surface area contributed by atoms with Crippen molar-refractivity contribution in [2.24, 2.45) is 0 Å². The summed E-state index contributed by atoms with van der Waals surface area (Å²) in [7, 11) is 0. The molecule has 3 aromatic rings. The molecular formula is C23H19NO. The van der Waals surface area contributed by atoms with Crippen LogP contribution in [0.15, 0.2) is 78.9 Å². The summed E-state index contributed by atoms with van der Waals surface area (Å²) in [5.41, 5.74) is 4.33. The third kappa shape index (κ3) is 3.27. The fourth-order valence-corrected chi connectivity index (χ4v) is 3.08. The molecule has 1 aliphatic carbocycles. The molecule has 0 heterocycles. The van der Waals surface area contributed by atoms with Crippen LogP contribution in [0.1, 0.15) is 24.0 Å². The number of nitriles is 1. The molecule has 0 atom stereocenters. The van der Waals surface area contributed by atoms with Gasteiger partial charge in [-0.15, -0.1) is 0 Å². The fraction of sp³-hybridized carbons (Fsp3) is 0.174. The van der Waals surface area contributed by atoms with Crippen molar-refractivity contribution in [1.29, 1.82) is 5.26 Å². The highest BCUT2D eigenvalue weighted by molar-refractivity contribution is 5.66. The van der Waals surface area contributed by atoms with E-state index >= 15 is 0 Å². The minimum absolute atomic E-state index is 0.223. The Balaban J connectivity index is 1.50. The van der Waals surface area contributed by atoms with E-state index in [-0.39, 0.29) is 5.41 Å². The molecule has 3 aromatic carbocycles. The van der Waals surface area contributed by atoms with Crippen LogP contribution in [0.25, 0.3) is 11.1 Å². The number of nitrogens with zero attached hydrogens (tertiary/aromatic N) is 1. The van der Waals surface area contributed by atoms with Gasteiger partial charge in [0, 0.05) is 0 Å². The number of rotatable bonds is 5. The molecule has 0 unspecified atom stereocenters. The molecule has 2 nitrogen and oxygen atoms in total. The van der Waals surface area contributed by atoms with Gasteiger partial charge in [-0.3, -0.25) is 0 Å². The molecule has 0 saturated heterocycles. The Morgan fingerprint density at radius 2 is 1.60 bits per heavy atom. The lowest BCUT2D eigenvalue weighted by Gasteiger charge is -2.10. The van der Waals surface area contributed by atoms with E-state index in [2.05, 4.69) is 54.6 Å². The van der Waals surface area contributed by atoms with E-state index in [1.165, 1.54) is 0 Å². The van der Waals surface area contributed by atoms with Gasteiger partial charge in [0.2, 0.25) is 0 Å². The highest BCUT2D eigenvalue weighted by Gasteiger charge is 2.44. The molecule has 0 bridgehead atoms. The minimum Gasteiger partial charge on any atom is -0.489 e. The van der Waals surface area contributed by atoms with Crippen molar-refractivity contribution < 1.29 is 4.74 Å². The Morgan fingerprint density at radius 3 is 2.28 bits per heavy atom. The third-order valence-electron chi connectivity index (χ3n) is 4.82. The Labute approximate surface area is 148 Å². The Hall–Kier alpha value is -3.05. The van der Waals surface area contributed by atoms with E-state index in [9.17, 15) is 5.26 Å². The molecule has 1 fully saturated rings. The first-order valence-electron chi connectivity index (χ1n) is 8.58. The van der Waals surface area contributed by atoms with Gasteiger partial charge >= 0.3 is 0 Å². The zero-order valence-electron chi connectivity index (χ0n) is 14.0. The first-order chi connectivity index (χ1) is 12.3. The summed E-state index contributed by atoms with van der Waals surface area (Å²) in [4.78, 5) is 0. The zero-order chi connectivity index (χ0) is 17.1. The number of ether oxygens (including phenoxy) is 1. The Bertz CT molecular complexity index is 903. The van der Waals surface area contributed by atoms with E-state index < -0.39 is 0 Å². The van der Waals surface area contributed by atoms with Gasteiger partial charge in [0.15, 0.2) is 0 Å². The lowest BCUT2D eigenvalue weighted by Crippen LogP contribution is -2.01. The number of benzene rings is 3. The van der Waals surface area contributed by atoms with Crippen molar-refractivity contribution in [2.45, 2.75) is 24.9 Å². The Morgan fingerprint density at radius 1 is 0.840 bits per heavy atom. The molecule has 0 N–H and O–H groups in total. The van der Waals surface area contributed by atoms with Crippen LogP contribution in [-0.2, 0) is 12.0 Å². The van der Waals surface area contributed by atoms with Gasteiger partial charge in [-0.05, 0) is 47.2 Å². The average molecular weight is 325 g/mol. The maximum absolute atomic E-state index is 9.32. The van der Waals surface area contributed by atoms with E-state index in [4.69, 9.17) is 4.74 Å². The van der Waals surface area contributed by atoms with Gasteiger partial charge in [-0.25, -0.2) is 0 Å². The summed E-state index contributed by atoms with van der Waals surface area (Å²) in [6.07, 6.45) is 1.96. The summed E-state index contributed by atoms with van der Waals surface area (Å²) in [5.74, 6) is 0.862. The van der Waals surface area contributed by atoms with Crippen LogP contribution in [-0.4, -0.2) is 0 Å². The summed E-state index contributed by atoms with van der Waals surface area (Å²) < 4.78 is 5.92. The van der Waals surface area contributed by atoms with Gasteiger partial charge < -0.3 is 4.74 Å². The maximum Gasteiger partial charge on any atom is 0.120 e. The predicted octanol–water partition coefficient (Wildman–Crippen LogP) is 5.49. The van der Waals surface area contributed by atoms with Crippen molar-refractivity contribution in [3.05, 3.63) is 90.0 Å². The number of hydrogen-bond acceptors (Lipinski definition) is 2. The molecule has 0 amide bonds. The first-order valence-corrected chi connectivity index (χ1v) is 8.58. The normalized spacial score (nSPS) is 14.5. The monoisotopic (exact) mass is 325 g/mol. The molecule has 1 aliphatic rings. The predicted molar refractivity (Wildman–Crippen MR) is 99.2 cm³/mol. The summed E-state index contributed by atoms with van der Waals surface area (Å²) in [6.45, 7) is 0.563. The van der Waals surface area contributed by atoms with Gasteiger partial charge in [0.1, 0.15) is 12.4 Å². The van der Waals surface area contributed by atoms with Crippen molar-refractivity contribution in [3.63, 3.8) is 0 Å². The van der Waals surface area contributed by atoms with E-state index in [0.29, 0.717) is 6.61 Å². The summed E-state index contributed by atoms with van der Waals surface area (Å²) >= 11 is 0. The maximum atomic E-state index is 9.32. The standard InChI is InChI=1S/C23H19NO/c24-17-23(13-14-23)21-11-9-19(10-12-21)20-7-4-8-22(15-20)25-16-18-5-2-1-3-6-18/h1-12,15H,13-14,16H2. The average Bonchev–Trinajstić information content (AvgIpc) is 3.49. The van der Waals surface area contributed by atoms with E-state index in [1.807, 2.05) is 30.3 Å². The van der Waals surface area contributed by atoms with E-state index in [1.54, 1.807) is 0 Å². The van der Waals surface area contributed by atoms with Crippen LogP contribution in [0.2, 0.25) is 0 Å². The molecule has 2 heteroatoms. The van der Waals surface area contributed by atoms with Gasteiger partial charge in [0.05, 0.1) is 11.5 Å². The SMILES string of the molecule is N#CC1(c2ccc(-c3cccc(OCc4ccccc4)c3)cc2)CC1. The van der Waals surface area contributed by atoms with Crippen molar-refractivity contribution in [1.82, 2.24) is 0 Å². The fourth-order valence-electron chi connectivity index (χ4n) is 3.08. The smallest absolute Gasteiger partial charge is 0.120 e. The summed E-state index contributed by atoms with van der Waals surface area (Å²) in [6, 6.07) is 29.1. The molecule has 25 heavy (non-hydrogen) atoms. The van der Waals surface area contributed by atoms with Crippen LogP contribution in [0, 0.1) is 11.3 Å². The van der Waals surface area contributed by atoms with Crippen LogP contribution < -0.4 is 4.74 Å². The molecular weight excluding hydrogens is 306 g/mol. The van der Waals surface area contributed by atoms with Crippen molar-refractivity contribution in [2.75, 3.05) is 0 Å². The van der Waals surface area contributed by atoms with Crippen LogP contribution >= 0.6 is 0 Å². The molecule has 0 radical (unpaired) electrons. The number of hydrogen-bond donors (Lipinski definition) is 0. The van der Waals surface area contributed by atoms with Gasteiger partial charge in [0.25, 0.3) is 0 Å². The second-order valence-corrected chi connectivity index (χ2v) is 6.57. The molecule has 4 rings (SSSR count). The quantitative estimate of drug-likeness (QED) is 0.621. The van der Waals surface area contributed by atoms with Crippen LogP contribution in [0.4, 0.5) is 0 Å². The van der Waals surface area contributed by atoms with E-state index in [0.717, 1.165) is 40.8 Å². The third-order valence-corrected chi connectivity index (χ3v) is 4.82. The van der Waals surface area contributed by atoms with Gasteiger partial charge in [-0.2, -0.15) is 5.26 Å². The molecule has 0 aromatic heterocycles. The highest BCUT2D eigenvalue weighted by atomic mass is 16.5. The highest BCUT2D eigenvalue weighted by Crippen LogP contribution is 2.47. The van der Waals surface area contributed by atoms with Gasteiger partial charge in [-0.1, -0.05) is 66.7 Å². The van der Waals surface area contributed by atoms with Crippen LogP contribution in [0.5, 0.6) is 5.75 Å². The minimum atomic E-state index is -0.223. The summed E-state index contributed by atoms with van der Waals surface area (Å²) in [5, 5.41) is 9.32. The Kier molecular flexibility index (Phi) is 3.99. The molecule has 0 aliphatic heterocycles. The topological polar surface area (TPSA) is 33.0 Å². The van der Waals surface area contributed by atoms with Crippen molar-refractivity contribution >= 4 is 0 Å². The molecule has 0 spiro atoms. The van der Waals surface area contributed by atoms with Crippen LogP contribution in [0.3, 0.4) is 0 Å². The second kappa shape index (κ2) is 6.45. The lowest BCUT2D eigenvalue weighted by atomic mass is 9.95. The second-order valence-electron chi connectivity index (χ2n) is 6.57. The zero-order valence-corrected chi connectivity index (χ0v) is 14.0. The largest absolute Gasteiger partial charge is 0.489 e. The first kappa shape index (κ1) is 15.5. The molecule has 1 saturated carbocycles. The molecule has 122 valence electrons. The lowest BCUT2D eigenvalue weighted by molar-refractivity contribution is 0.306. The van der Waals surface area contributed by atoms with Crippen molar-refractivity contribution in [3.8, 4) is 22.9 Å².